The Morgan fingerprint density at radius 3 is 3.05 bits per heavy atom. The first kappa shape index (κ1) is 14.2. The van der Waals surface area contributed by atoms with E-state index in [2.05, 4.69) is 10.3 Å². The van der Waals surface area contributed by atoms with Crippen LogP contribution < -0.4 is 5.32 Å². The number of likely N-dealkylation sites (tertiary alicyclic amines) is 1. The van der Waals surface area contributed by atoms with Crippen molar-refractivity contribution in [2.45, 2.75) is 18.9 Å². The van der Waals surface area contributed by atoms with Crippen LogP contribution in [0.15, 0.2) is 12.3 Å². The van der Waals surface area contributed by atoms with E-state index in [0.717, 1.165) is 25.6 Å². The first-order valence-electron chi connectivity index (χ1n) is 6.89. The highest BCUT2D eigenvalue weighted by molar-refractivity contribution is 6.32. The maximum absolute atomic E-state index is 12.5. The van der Waals surface area contributed by atoms with Crippen LogP contribution in [0.1, 0.15) is 23.2 Å². The Bertz CT molecular complexity index is 581. The molecule has 0 radical (unpaired) electrons. The van der Waals surface area contributed by atoms with Crippen molar-refractivity contribution in [2.24, 2.45) is 5.92 Å². The summed E-state index contributed by atoms with van der Waals surface area (Å²) < 4.78 is 0. The van der Waals surface area contributed by atoms with E-state index in [1.165, 1.54) is 6.07 Å². The molecule has 2 saturated heterocycles. The maximum atomic E-state index is 12.5. The average molecular weight is 311 g/mol. The summed E-state index contributed by atoms with van der Waals surface area (Å²) in [5.41, 5.74) is -0.123. The largest absolute Gasteiger partial charge is 0.337 e. The first-order chi connectivity index (χ1) is 10.1. The molecule has 21 heavy (non-hydrogen) atoms. The fourth-order valence-corrected chi connectivity index (χ4v) is 3.25. The molecular weight excluding hydrogens is 296 g/mol. The van der Waals surface area contributed by atoms with Crippen molar-refractivity contribution in [3.8, 4) is 0 Å². The normalized spacial score (nSPS) is 24.7. The zero-order valence-corrected chi connectivity index (χ0v) is 12.0. The number of nitro groups is 1. The number of fused-ring (bicyclic) bond motifs is 1. The molecule has 2 aliphatic rings. The number of nitrogens with zero attached hydrogens (tertiary/aromatic N) is 3. The molecule has 1 aromatic heterocycles. The SMILES string of the molecule is O=C(c1cc([N+](=O)[O-])cnc1Cl)N1C[C@@H]2CCCN[C@@H]2C1. The van der Waals surface area contributed by atoms with Crippen LogP contribution in [0.25, 0.3) is 0 Å². The van der Waals surface area contributed by atoms with Crippen LogP contribution in [0.3, 0.4) is 0 Å². The van der Waals surface area contributed by atoms with Gasteiger partial charge in [0.25, 0.3) is 11.6 Å². The number of aromatic nitrogens is 1. The second kappa shape index (κ2) is 5.57. The molecule has 0 unspecified atom stereocenters. The molecule has 0 spiro atoms. The van der Waals surface area contributed by atoms with Crippen molar-refractivity contribution in [2.75, 3.05) is 19.6 Å². The molecule has 2 atom stereocenters. The van der Waals surface area contributed by atoms with E-state index in [0.29, 0.717) is 25.0 Å². The molecule has 0 saturated carbocycles. The van der Waals surface area contributed by atoms with Crippen LogP contribution >= 0.6 is 11.6 Å². The summed E-state index contributed by atoms with van der Waals surface area (Å²) in [6, 6.07) is 1.51. The van der Waals surface area contributed by atoms with E-state index in [1.54, 1.807) is 4.90 Å². The van der Waals surface area contributed by atoms with Gasteiger partial charge in [-0.15, -0.1) is 0 Å². The molecule has 3 rings (SSSR count). The Morgan fingerprint density at radius 1 is 1.52 bits per heavy atom. The van der Waals surface area contributed by atoms with Gasteiger partial charge in [-0.2, -0.15) is 0 Å². The molecule has 112 valence electrons. The smallest absolute Gasteiger partial charge is 0.288 e. The Hall–Kier alpha value is -1.73. The van der Waals surface area contributed by atoms with Gasteiger partial charge >= 0.3 is 0 Å². The topological polar surface area (TPSA) is 88.4 Å². The zero-order chi connectivity index (χ0) is 15.0. The standard InChI is InChI=1S/C13H15ClN4O3/c14-12-10(4-9(5-16-12)18(20)21)13(19)17-6-8-2-1-3-15-11(8)7-17/h4-5,8,11,15H,1-3,6-7H2/t8-,11+/m0/s1. The van der Waals surface area contributed by atoms with Gasteiger partial charge in [0, 0.05) is 25.2 Å². The van der Waals surface area contributed by atoms with Gasteiger partial charge in [-0.1, -0.05) is 11.6 Å². The molecule has 0 aromatic carbocycles. The summed E-state index contributed by atoms with van der Waals surface area (Å²) in [4.78, 5) is 28.2. The average Bonchev–Trinajstić information content (AvgIpc) is 2.90. The number of carbonyl (C=O) groups is 1. The Labute approximate surface area is 126 Å². The van der Waals surface area contributed by atoms with Crippen molar-refractivity contribution >= 4 is 23.2 Å². The van der Waals surface area contributed by atoms with Gasteiger partial charge in [-0.3, -0.25) is 14.9 Å². The van der Waals surface area contributed by atoms with E-state index in [9.17, 15) is 14.9 Å². The van der Waals surface area contributed by atoms with Gasteiger partial charge in [-0.05, 0) is 25.3 Å². The van der Waals surface area contributed by atoms with E-state index >= 15 is 0 Å². The summed E-state index contributed by atoms with van der Waals surface area (Å²) in [5, 5.41) is 14.2. The number of nitrogens with one attached hydrogen (secondary N) is 1. The van der Waals surface area contributed by atoms with Gasteiger partial charge in [0.15, 0.2) is 0 Å². The molecule has 0 aliphatic carbocycles. The lowest BCUT2D eigenvalue weighted by Crippen LogP contribution is -2.41. The van der Waals surface area contributed by atoms with Gasteiger partial charge < -0.3 is 10.2 Å². The molecule has 2 fully saturated rings. The lowest BCUT2D eigenvalue weighted by atomic mass is 9.94. The van der Waals surface area contributed by atoms with Crippen LogP contribution in [-0.2, 0) is 0 Å². The fraction of sp³-hybridized carbons (Fsp3) is 0.538. The predicted molar refractivity (Wildman–Crippen MR) is 76.3 cm³/mol. The number of hydrogen-bond donors (Lipinski definition) is 1. The number of carbonyl (C=O) groups excluding carboxylic acids is 1. The van der Waals surface area contributed by atoms with Gasteiger partial charge in [0.2, 0.25) is 0 Å². The van der Waals surface area contributed by atoms with Crippen LogP contribution in [-0.4, -0.2) is 46.4 Å². The fourth-order valence-electron chi connectivity index (χ4n) is 3.07. The second-order valence-electron chi connectivity index (χ2n) is 5.46. The van der Waals surface area contributed by atoms with Gasteiger partial charge in [0.1, 0.15) is 11.3 Å². The summed E-state index contributed by atoms with van der Waals surface area (Å²) >= 11 is 5.93. The van der Waals surface area contributed by atoms with Crippen LogP contribution in [0, 0.1) is 16.0 Å². The van der Waals surface area contributed by atoms with Crippen LogP contribution in [0.4, 0.5) is 5.69 Å². The lowest BCUT2D eigenvalue weighted by molar-refractivity contribution is -0.385. The zero-order valence-electron chi connectivity index (χ0n) is 11.3. The van der Waals surface area contributed by atoms with Crippen LogP contribution in [0.5, 0.6) is 0 Å². The highest BCUT2D eigenvalue weighted by Gasteiger charge is 2.37. The molecule has 1 aromatic rings. The van der Waals surface area contributed by atoms with E-state index in [1.807, 2.05) is 0 Å². The minimum atomic E-state index is -0.578. The van der Waals surface area contributed by atoms with E-state index in [4.69, 9.17) is 11.6 Å². The first-order valence-corrected chi connectivity index (χ1v) is 7.26. The van der Waals surface area contributed by atoms with Gasteiger partial charge in [0.05, 0.1) is 10.5 Å². The molecular formula is C13H15ClN4O3. The van der Waals surface area contributed by atoms with Crippen molar-refractivity contribution < 1.29 is 9.72 Å². The summed E-state index contributed by atoms with van der Waals surface area (Å²) in [5.74, 6) is 0.167. The molecule has 8 heteroatoms. The number of rotatable bonds is 2. The third-order valence-electron chi connectivity index (χ3n) is 4.15. The maximum Gasteiger partial charge on any atom is 0.288 e. The molecule has 2 aliphatic heterocycles. The van der Waals surface area contributed by atoms with Crippen molar-refractivity contribution in [1.29, 1.82) is 0 Å². The highest BCUT2D eigenvalue weighted by atomic mass is 35.5. The number of piperidine rings is 1. The monoisotopic (exact) mass is 310 g/mol. The van der Waals surface area contributed by atoms with Gasteiger partial charge in [-0.25, -0.2) is 4.98 Å². The second-order valence-corrected chi connectivity index (χ2v) is 5.82. The van der Waals surface area contributed by atoms with E-state index < -0.39 is 4.92 Å². The van der Waals surface area contributed by atoms with E-state index in [-0.39, 0.29) is 22.3 Å². The molecule has 1 N–H and O–H groups in total. The Balaban J connectivity index is 1.82. The van der Waals surface area contributed by atoms with Crippen molar-refractivity contribution in [1.82, 2.24) is 15.2 Å². The summed E-state index contributed by atoms with van der Waals surface area (Å²) in [6.07, 6.45) is 3.27. The lowest BCUT2D eigenvalue weighted by Gasteiger charge is -2.24. The van der Waals surface area contributed by atoms with Crippen LogP contribution in [0.2, 0.25) is 5.15 Å². The minimum absolute atomic E-state index is 0.00781. The highest BCUT2D eigenvalue weighted by Crippen LogP contribution is 2.28. The summed E-state index contributed by atoms with van der Waals surface area (Å²) in [7, 11) is 0. The number of amides is 1. The third kappa shape index (κ3) is 2.71. The number of halogens is 1. The molecule has 1 amide bonds. The minimum Gasteiger partial charge on any atom is -0.337 e. The predicted octanol–water partition coefficient (Wildman–Crippen LogP) is 1.47. The van der Waals surface area contributed by atoms with Crippen molar-refractivity contribution in [3.63, 3.8) is 0 Å². The number of pyridine rings is 1. The molecule has 7 nitrogen and oxygen atoms in total. The Kier molecular flexibility index (Phi) is 3.77. The Morgan fingerprint density at radius 2 is 2.33 bits per heavy atom. The quantitative estimate of drug-likeness (QED) is 0.507. The summed E-state index contributed by atoms with van der Waals surface area (Å²) in [6.45, 7) is 2.25. The number of hydrogen-bond acceptors (Lipinski definition) is 5. The van der Waals surface area contributed by atoms with Crippen molar-refractivity contribution in [3.05, 3.63) is 33.1 Å². The third-order valence-corrected chi connectivity index (χ3v) is 4.45. The molecule has 3 heterocycles. The molecule has 0 bridgehead atoms.